The Labute approximate surface area is 116 Å². The number of ether oxygens (including phenoxy) is 2. The first-order chi connectivity index (χ1) is 9.26. The summed E-state index contributed by atoms with van der Waals surface area (Å²) in [5, 5.41) is 0. The molecule has 5 nitrogen and oxygen atoms in total. The molecule has 0 aromatic rings. The minimum absolute atomic E-state index is 0.137. The second kappa shape index (κ2) is 10.2. The number of carbonyl (C=O) groups is 1. The van der Waals surface area contributed by atoms with Gasteiger partial charge in [-0.1, -0.05) is 0 Å². The SMILES string of the molecule is COCCN(CCCN1CCCC1)CCC(=O)OC. The molecule has 0 bridgehead atoms. The quantitative estimate of drug-likeness (QED) is 0.555. The summed E-state index contributed by atoms with van der Waals surface area (Å²) in [5.74, 6) is -0.137. The number of rotatable bonds is 10. The Hall–Kier alpha value is -0.650. The van der Waals surface area contributed by atoms with E-state index < -0.39 is 0 Å². The summed E-state index contributed by atoms with van der Waals surface area (Å²) in [6, 6.07) is 0. The summed E-state index contributed by atoms with van der Waals surface area (Å²) in [7, 11) is 3.15. The molecule has 0 saturated carbocycles. The highest BCUT2D eigenvalue weighted by Gasteiger charge is 2.12. The molecule has 0 unspecified atom stereocenters. The molecule has 1 aliphatic rings. The molecule has 1 fully saturated rings. The van der Waals surface area contributed by atoms with Crippen LogP contribution < -0.4 is 0 Å². The Morgan fingerprint density at radius 2 is 1.89 bits per heavy atom. The maximum absolute atomic E-state index is 11.2. The Morgan fingerprint density at radius 3 is 2.53 bits per heavy atom. The van der Waals surface area contributed by atoms with Gasteiger partial charge in [-0.3, -0.25) is 4.79 Å². The van der Waals surface area contributed by atoms with Crippen LogP contribution in [0.4, 0.5) is 0 Å². The average molecular weight is 272 g/mol. The van der Waals surface area contributed by atoms with E-state index in [0.29, 0.717) is 13.0 Å². The molecule has 1 aliphatic heterocycles. The normalized spacial score (nSPS) is 16.2. The van der Waals surface area contributed by atoms with Gasteiger partial charge in [0, 0.05) is 20.2 Å². The van der Waals surface area contributed by atoms with Gasteiger partial charge in [-0.15, -0.1) is 0 Å². The predicted molar refractivity (Wildman–Crippen MR) is 75.2 cm³/mol. The van der Waals surface area contributed by atoms with Crippen molar-refractivity contribution in [3.8, 4) is 0 Å². The third kappa shape index (κ3) is 7.50. The van der Waals surface area contributed by atoms with Gasteiger partial charge >= 0.3 is 5.97 Å². The molecule has 1 rings (SSSR count). The van der Waals surface area contributed by atoms with Crippen molar-refractivity contribution >= 4 is 5.97 Å². The van der Waals surface area contributed by atoms with Crippen molar-refractivity contribution in [1.29, 1.82) is 0 Å². The highest BCUT2D eigenvalue weighted by atomic mass is 16.5. The topological polar surface area (TPSA) is 42.0 Å². The fourth-order valence-electron chi connectivity index (χ4n) is 2.43. The van der Waals surface area contributed by atoms with E-state index in [4.69, 9.17) is 4.74 Å². The van der Waals surface area contributed by atoms with Gasteiger partial charge in [-0.25, -0.2) is 0 Å². The van der Waals surface area contributed by atoms with E-state index in [-0.39, 0.29) is 5.97 Å². The van der Waals surface area contributed by atoms with Gasteiger partial charge in [-0.2, -0.15) is 0 Å². The highest BCUT2D eigenvalue weighted by Crippen LogP contribution is 2.07. The largest absolute Gasteiger partial charge is 0.469 e. The molecule has 5 heteroatoms. The third-order valence-corrected chi connectivity index (χ3v) is 3.62. The van der Waals surface area contributed by atoms with E-state index in [9.17, 15) is 4.79 Å². The molecular formula is C14H28N2O3. The Morgan fingerprint density at radius 1 is 1.16 bits per heavy atom. The molecule has 1 saturated heterocycles. The summed E-state index contributed by atoms with van der Waals surface area (Å²) in [6.07, 6.45) is 4.31. The lowest BCUT2D eigenvalue weighted by Gasteiger charge is -2.23. The number of esters is 1. The lowest BCUT2D eigenvalue weighted by atomic mass is 10.3. The Kier molecular flexibility index (Phi) is 8.79. The second-order valence-electron chi connectivity index (χ2n) is 5.06. The molecule has 0 N–H and O–H groups in total. The fourth-order valence-corrected chi connectivity index (χ4v) is 2.43. The summed E-state index contributed by atoms with van der Waals surface area (Å²) in [6.45, 7) is 7.05. The monoisotopic (exact) mass is 272 g/mol. The molecule has 1 heterocycles. The minimum Gasteiger partial charge on any atom is -0.469 e. The molecule has 0 atom stereocenters. The van der Waals surface area contributed by atoms with Crippen LogP contribution in [-0.4, -0.2) is 75.9 Å². The zero-order valence-electron chi connectivity index (χ0n) is 12.4. The van der Waals surface area contributed by atoms with Crippen molar-refractivity contribution in [3.05, 3.63) is 0 Å². The summed E-state index contributed by atoms with van der Waals surface area (Å²) < 4.78 is 9.80. The van der Waals surface area contributed by atoms with Gasteiger partial charge in [0.05, 0.1) is 20.1 Å². The van der Waals surface area contributed by atoms with Crippen molar-refractivity contribution in [2.24, 2.45) is 0 Å². The van der Waals surface area contributed by atoms with Crippen LogP contribution >= 0.6 is 0 Å². The Bertz CT molecular complexity index is 243. The van der Waals surface area contributed by atoms with Crippen molar-refractivity contribution in [2.45, 2.75) is 25.7 Å². The van der Waals surface area contributed by atoms with E-state index >= 15 is 0 Å². The smallest absolute Gasteiger partial charge is 0.306 e. The number of likely N-dealkylation sites (tertiary alicyclic amines) is 1. The van der Waals surface area contributed by atoms with Gasteiger partial charge in [0.1, 0.15) is 0 Å². The van der Waals surface area contributed by atoms with Crippen LogP contribution in [0.5, 0.6) is 0 Å². The van der Waals surface area contributed by atoms with Crippen LogP contribution in [0.15, 0.2) is 0 Å². The molecule has 0 amide bonds. The van der Waals surface area contributed by atoms with Crippen LogP contribution in [0.25, 0.3) is 0 Å². The van der Waals surface area contributed by atoms with Crippen molar-refractivity contribution in [3.63, 3.8) is 0 Å². The zero-order valence-corrected chi connectivity index (χ0v) is 12.4. The average Bonchev–Trinajstić information content (AvgIpc) is 2.94. The number of hydrogen-bond acceptors (Lipinski definition) is 5. The van der Waals surface area contributed by atoms with E-state index in [1.54, 1.807) is 7.11 Å². The number of hydrogen-bond donors (Lipinski definition) is 0. The van der Waals surface area contributed by atoms with Crippen molar-refractivity contribution in [1.82, 2.24) is 9.80 Å². The first-order valence-corrected chi connectivity index (χ1v) is 7.26. The minimum atomic E-state index is -0.137. The van der Waals surface area contributed by atoms with Gasteiger partial charge < -0.3 is 19.3 Å². The molecule has 19 heavy (non-hydrogen) atoms. The number of methoxy groups -OCH3 is 2. The molecule has 0 aliphatic carbocycles. The molecule has 0 radical (unpaired) electrons. The molecular weight excluding hydrogens is 244 g/mol. The van der Waals surface area contributed by atoms with Gasteiger partial charge in [-0.05, 0) is 45.4 Å². The maximum atomic E-state index is 11.2. The lowest BCUT2D eigenvalue weighted by molar-refractivity contribution is -0.141. The van der Waals surface area contributed by atoms with Crippen LogP contribution in [0.3, 0.4) is 0 Å². The summed E-state index contributed by atoms with van der Waals surface area (Å²) in [4.78, 5) is 16.0. The van der Waals surface area contributed by atoms with E-state index in [2.05, 4.69) is 14.5 Å². The van der Waals surface area contributed by atoms with E-state index in [0.717, 1.165) is 26.1 Å². The third-order valence-electron chi connectivity index (χ3n) is 3.62. The molecule has 112 valence electrons. The van der Waals surface area contributed by atoms with E-state index in [1.807, 2.05) is 0 Å². The van der Waals surface area contributed by atoms with Crippen LogP contribution in [0.1, 0.15) is 25.7 Å². The Balaban J connectivity index is 2.17. The highest BCUT2D eigenvalue weighted by molar-refractivity contribution is 5.69. The maximum Gasteiger partial charge on any atom is 0.306 e. The van der Waals surface area contributed by atoms with Crippen LogP contribution in [0, 0.1) is 0 Å². The zero-order chi connectivity index (χ0) is 13.9. The number of nitrogens with zero attached hydrogens (tertiary/aromatic N) is 2. The first-order valence-electron chi connectivity index (χ1n) is 7.26. The van der Waals surface area contributed by atoms with Crippen molar-refractivity contribution < 1.29 is 14.3 Å². The summed E-state index contributed by atoms with van der Waals surface area (Å²) >= 11 is 0. The van der Waals surface area contributed by atoms with Crippen molar-refractivity contribution in [2.75, 3.05) is 60.1 Å². The second-order valence-corrected chi connectivity index (χ2v) is 5.06. The molecule has 0 aromatic carbocycles. The van der Waals surface area contributed by atoms with Gasteiger partial charge in [0.25, 0.3) is 0 Å². The lowest BCUT2D eigenvalue weighted by Crippen LogP contribution is -2.33. The van der Waals surface area contributed by atoms with E-state index in [1.165, 1.54) is 39.6 Å². The molecule has 0 aromatic heterocycles. The van der Waals surface area contributed by atoms with Crippen LogP contribution in [-0.2, 0) is 14.3 Å². The van der Waals surface area contributed by atoms with Gasteiger partial charge in [0.15, 0.2) is 0 Å². The predicted octanol–water partition coefficient (Wildman–Crippen LogP) is 0.984. The fraction of sp³-hybridized carbons (Fsp3) is 0.929. The first kappa shape index (κ1) is 16.4. The summed E-state index contributed by atoms with van der Waals surface area (Å²) in [5.41, 5.74) is 0. The molecule has 0 spiro atoms. The number of carbonyl (C=O) groups excluding carboxylic acids is 1. The standard InChI is InChI=1S/C14H28N2O3/c1-18-13-12-16(11-6-14(17)19-2)10-5-9-15-7-3-4-8-15/h3-13H2,1-2H3. The van der Waals surface area contributed by atoms with Gasteiger partial charge in [0.2, 0.25) is 0 Å². The van der Waals surface area contributed by atoms with Crippen LogP contribution in [0.2, 0.25) is 0 Å².